The number of carbonyl (C=O) groups is 1. The smallest absolute Gasteiger partial charge is 0.293 e. The molecule has 0 saturated heterocycles. The molecule has 0 saturated carbocycles. The number of fused-ring (bicyclic) bond motifs is 1. The molecule has 0 atom stereocenters. The number of rotatable bonds is 4. The summed E-state index contributed by atoms with van der Waals surface area (Å²) < 4.78 is 6.83. The molecule has 0 aliphatic carbocycles. The molecule has 0 aliphatic rings. The third kappa shape index (κ3) is 3.51. The van der Waals surface area contributed by atoms with Crippen LogP contribution in [0.3, 0.4) is 0 Å². The molecule has 0 bridgehead atoms. The standard InChI is InChI=1S/C18H16N6O2S2/c1-3-14-21-22-18-24(14)23-16(28-18)11-6-7-12(10(2)9-11)19-17(27)20-15(25)13-5-4-8-26-13/h4-9H,3H2,1-2H3,(H2,19,20,25,27). The summed E-state index contributed by atoms with van der Waals surface area (Å²) in [6.45, 7) is 3.98. The van der Waals surface area contributed by atoms with Crippen LogP contribution in [0.25, 0.3) is 15.5 Å². The molecule has 3 aromatic heterocycles. The maximum absolute atomic E-state index is 12.0. The molecule has 0 radical (unpaired) electrons. The van der Waals surface area contributed by atoms with Gasteiger partial charge in [0, 0.05) is 17.7 Å². The monoisotopic (exact) mass is 412 g/mol. The maximum Gasteiger partial charge on any atom is 0.293 e. The summed E-state index contributed by atoms with van der Waals surface area (Å²) in [6.07, 6.45) is 2.21. The van der Waals surface area contributed by atoms with Crippen molar-refractivity contribution in [3.63, 3.8) is 0 Å². The summed E-state index contributed by atoms with van der Waals surface area (Å²) in [7, 11) is 0. The van der Waals surface area contributed by atoms with Gasteiger partial charge in [-0.25, -0.2) is 0 Å². The fourth-order valence-corrected chi connectivity index (χ4v) is 3.71. The number of thiocarbonyl (C=S) groups is 1. The summed E-state index contributed by atoms with van der Waals surface area (Å²) in [5, 5.41) is 19.6. The highest BCUT2D eigenvalue weighted by Gasteiger charge is 2.14. The number of nitrogens with one attached hydrogen (secondary N) is 2. The normalized spacial score (nSPS) is 10.9. The molecule has 28 heavy (non-hydrogen) atoms. The lowest BCUT2D eigenvalue weighted by atomic mass is 10.1. The van der Waals surface area contributed by atoms with Crippen molar-refractivity contribution < 1.29 is 9.21 Å². The van der Waals surface area contributed by atoms with Gasteiger partial charge in [-0.15, -0.1) is 10.2 Å². The van der Waals surface area contributed by atoms with E-state index in [0.717, 1.165) is 39.0 Å². The number of anilines is 1. The Morgan fingerprint density at radius 1 is 1.32 bits per heavy atom. The zero-order chi connectivity index (χ0) is 19.7. The summed E-state index contributed by atoms with van der Waals surface area (Å²) in [5.41, 5.74) is 2.74. The first-order valence-corrected chi connectivity index (χ1v) is 9.75. The molecule has 142 valence electrons. The van der Waals surface area contributed by atoms with Gasteiger partial charge in [-0.1, -0.05) is 18.3 Å². The van der Waals surface area contributed by atoms with E-state index in [9.17, 15) is 4.79 Å². The Labute approximate surface area is 169 Å². The van der Waals surface area contributed by atoms with Crippen LogP contribution in [0.1, 0.15) is 28.9 Å². The Bertz CT molecular complexity index is 1160. The number of benzene rings is 1. The topological polar surface area (TPSA) is 97.3 Å². The molecule has 10 heteroatoms. The average molecular weight is 413 g/mol. The van der Waals surface area contributed by atoms with Crippen molar-refractivity contribution in [3.05, 3.63) is 53.7 Å². The van der Waals surface area contributed by atoms with E-state index in [2.05, 4.69) is 25.9 Å². The summed E-state index contributed by atoms with van der Waals surface area (Å²) in [4.78, 5) is 12.8. The van der Waals surface area contributed by atoms with E-state index in [-0.39, 0.29) is 10.9 Å². The van der Waals surface area contributed by atoms with Crippen LogP contribution in [0.4, 0.5) is 5.69 Å². The maximum atomic E-state index is 12.0. The molecule has 4 aromatic rings. The van der Waals surface area contributed by atoms with Crippen molar-refractivity contribution in [2.75, 3.05) is 5.32 Å². The third-order valence-electron chi connectivity index (χ3n) is 4.07. The lowest BCUT2D eigenvalue weighted by Gasteiger charge is -2.11. The lowest BCUT2D eigenvalue weighted by molar-refractivity contribution is 0.0950. The second-order valence-electron chi connectivity index (χ2n) is 5.99. The lowest BCUT2D eigenvalue weighted by Crippen LogP contribution is -2.34. The van der Waals surface area contributed by atoms with Crippen LogP contribution in [0.2, 0.25) is 0 Å². The number of hydrogen-bond donors (Lipinski definition) is 2. The number of carbonyl (C=O) groups excluding carboxylic acids is 1. The van der Waals surface area contributed by atoms with Crippen LogP contribution in [-0.4, -0.2) is 30.8 Å². The largest absolute Gasteiger partial charge is 0.459 e. The fraction of sp³-hybridized carbons (Fsp3) is 0.167. The SMILES string of the molecule is CCc1nnc2sc(-c3ccc(NC(=S)NC(=O)c4ccco4)c(C)c3)nn12. The van der Waals surface area contributed by atoms with Gasteiger partial charge in [0.05, 0.1) is 6.26 Å². The molecular weight excluding hydrogens is 396 g/mol. The van der Waals surface area contributed by atoms with Gasteiger partial charge in [-0.2, -0.15) is 9.61 Å². The number of aryl methyl sites for hydroxylation is 2. The highest BCUT2D eigenvalue weighted by Crippen LogP contribution is 2.28. The first-order chi connectivity index (χ1) is 13.5. The Kier molecular flexibility index (Phi) is 4.88. The minimum absolute atomic E-state index is 0.198. The van der Waals surface area contributed by atoms with Crippen molar-refractivity contribution in [3.8, 4) is 10.6 Å². The van der Waals surface area contributed by atoms with E-state index in [1.54, 1.807) is 16.6 Å². The molecule has 0 fully saturated rings. The third-order valence-corrected chi connectivity index (χ3v) is 5.22. The quantitative estimate of drug-likeness (QED) is 0.496. The zero-order valence-corrected chi connectivity index (χ0v) is 16.7. The highest BCUT2D eigenvalue weighted by molar-refractivity contribution is 7.80. The van der Waals surface area contributed by atoms with E-state index in [0.29, 0.717) is 0 Å². The van der Waals surface area contributed by atoms with Crippen LogP contribution in [0.15, 0.2) is 41.0 Å². The number of amides is 1. The van der Waals surface area contributed by atoms with Gasteiger partial charge in [-0.05, 0) is 55.0 Å². The Hall–Kier alpha value is -3.11. The predicted molar refractivity (Wildman–Crippen MR) is 111 cm³/mol. The van der Waals surface area contributed by atoms with Gasteiger partial charge in [0.1, 0.15) is 5.01 Å². The molecule has 0 spiro atoms. The number of hydrogen-bond acceptors (Lipinski definition) is 7. The Balaban J connectivity index is 1.50. The average Bonchev–Trinajstić information content (AvgIpc) is 3.40. The van der Waals surface area contributed by atoms with E-state index in [1.165, 1.54) is 17.6 Å². The Morgan fingerprint density at radius 2 is 2.18 bits per heavy atom. The van der Waals surface area contributed by atoms with Crippen molar-refractivity contribution in [1.29, 1.82) is 0 Å². The van der Waals surface area contributed by atoms with Crippen molar-refractivity contribution in [2.24, 2.45) is 0 Å². The van der Waals surface area contributed by atoms with E-state index in [4.69, 9.17) is 16.6 Å². The first kappa shape index (κ1) is 18.3. The van der Waals surface area contributed by atoms with Gasteiger partial charge in [-0.3, -0.25) is 10.1 Å². The van der Waals surface area contributed by atoms with Gasteiger partial charge in [0.2, 0.25) is 4.96 Å². The highest BCUT2D eigenvalue weighted by atomic mass is 32.1. The Morgan fingerprint density at radius 3 is 2.89 bits per heavy atom. The summed E-state index contributed by atoms with van der Waals surface area (Å²) >= 11 is 6.70. The second kappa shape index (κ2) is 7.49. The van der Waals surface area contributed by atoms with Crippen LogP contribution in [-0.2, 0) is 6.42 Å². The zero-order valence-electron chi connectivity index (χ0n) is 15.1. The van der Waals surface area contributed by atoms with Gasteiger partial charge >= 0.3 is 0 Å². The van der Waals surface area contributed by atoms with E-state index >= 15 is 0 Å². The van der Waals surface area contributed by atoms with Gasteiger partial charge < -0.3 is 9.73 Å². The number of furan rings is 1. The fourth-order valence-electron chi connectivity index (χ4n) is 2.66. The van der Waals surface area contributed by atoms with Gasteiger partial charge in [0.15, 0.2) is 16.7 Å². The molecule has 3 heterocycles. The molecule has 0 aliphatic heterocycles. The predicted octanol–water partition coefficient (Wildman–Crippen LogP) is 3.44. The van der Waals surface area contributed by atoms with Crippen LogP contribution in [0, 0.1) is 6.92 Å². The van der Waals surface area contributed by atoms with Crippen molar-refractivity contribution in [1.82, 2.24) is 25.1 Å². The molecule has 1 amide bonds. The van der Waals surface area contributed by atoms with Crippen LogP contribution >= 0.6 is 23.6 Å². The minimum Gasteiger partial charge on any atom is -0.459 e. The first-order valence-electron chi connectivity index (χ1n) is 8.53. The molecule has 2 N–H and O–H groups in total. The summed E-state index contributed by atoms with van der Waals surface area (Å²) in [6, 6.07) is 9.07. The van der Waals surface area contributed by atoms with E-state index < -0.39 is 5.91 Å². The molecular formula is C18H16N6O2S2. The van der Waals surface area contributed by atoms with Crippen LogP contribution in [0.5, 0.6) is 0 Å². The molecule has 1 aromatic carbocycles. The van der Waals surface area contributed by atoms with Crippen molar-refractivity contribution in [2.45, 2.75) is 20.3 Å². The number of aromatic nitrogens is 4. The van der Waals surface area contributed by atoms with Crippen molar-refractivity contribution >= 4 is 45.2 Å². The molecule has 4 rings (SSSR count). The second-order valence-corrected chi connectivity index (χ2v) is 7.35. The number of nitrogens with zero attached hydrogens (tertiary/aromatic N) is 4. The minimum atomic E-state index is -0.400. The van der Waals surface area contributed by atoms with Gasteiger partial charge in [0.25, 0.3) is 5.91 Å². The molecule has 8 nitrogen and oxygen atoms in total. The van der Waals surface area contributed by atoms with E-state index in [1.807, 2.05) is 32.0 Å². The summed E-state index contributed by atoms with van der Waals surface area (Å²) in [5.74, 6) is 0.638. The molecule has 0 unspecified atom stereocenters. The van der Waals surface area contributed by atoms with Crippen LogP contribution < -0.4 is 10.6 Å².